The highest BCUT2D eigenvalue weighted by atomic mass is 32.1. The van der Waals surface area contributed by atoms with E-state index in [2.05, 4.69) is 15.3 Å². The van der Waals surface area contributed by atoms with Crippen LogP contribution in [0.1, 0.15) is 24.8 Å². The molecule has 1 aliphatic carbocycles. The molecule has 0 bridgehead atoms. The molecule has 0 aromatic carbocycles. The maximum absolute atomic E-state index is 15.0. The number of nitrogens with zero attached hydrogens (tertiary/aromatic N) is 4. The molecule has 0 spiro atoms. The molecular formula is C22H27F2N5O4S. The van der Waals surface area contributed by atoms with Crippen molar-refractivity contribution in [1.82, 2.24) is 20.1 Å². The third-order valence-corrected chi connectivity index (χ3v) is 8.05. The number of fused-ring (bicyclic) bond motifs is 1. The molecule has 1 aromatic heterocycles. The smallest absolute Gasteiger partial charge is 0.337 e. The lowest BCUT2D eigenvalue weighted by atomic mass is 9.79. The number of carbonyl (C=O) groups excluding carboxylic acids is 1. The first kappa shape index (κ1) is 23.3. The SMILES string of the molecule is CCOC(=O)C1=C(CN2CC(F)(F)C3CN(C4CC(C(=O)O)C4)CC32)NC(c2nccs2)=NC1. The van der Waals surface area contributed by atoms with Crippen molar-refractivity contribution in [2.75, 3.05) is 39.3 Å². The zero-order valence-electron chi connectivity index (χ0n) is 18.7. The third-order valence-electron chi connectivity index (χ3n) is 7.27. The molecule has 184 valence electrons. The van der Waals surface area contributed by atoms with E-state index in [9.17, 15) is 9.59 Å². The predicted molar refractivity (Wildman–Crippen MR) is 120 cm³/mol. The topological polar surface area (TPSA) is 107 Å². The number of carbonyl (C=O) groups is 2. The Hall–Kier alpha value is -2.44. The van der Waals surface area contributed by atoms with E-state index in [4.69, 9.17) is 9.84 Å². The van der Waals surface area contributed by atoms with Crippen LogP contribution in [0.3, 0.4) is 0 Å². The molecule has 5 rings (SSSR count). The number of esters is 1. The molecular weight excluding hydrogens is 468 g/mol. The van der Waals surface area contributed by atoms with Crippen molar-refractivity contribution in [2.24, 2.45) is 16.8 Å². The Morgan fingerprint density at radius 2 is 2.15 bits per heavy atom. The Kier molecular flexibility index (Phi) is 6.15. The quantitative estimate of drug-likeness (QED) is 0.547. The van der Waals surface area contributed by atoms with Crippen LogP contribution in [0.25, 0.3) is 0 Å². The van der Waals surface area contributed by atoms with Crippen molar-refractivity contribution < 1.29 is 28.2 Å². The summed E-state index contributed by atoms with van der Waals surface area (Å²) in [5, 5.41) is 14.8. The van der Waals surface area contributed by atoms with Crippen molar-refractivity contribution in [3.8, 4) is 0 Å². The number of alkyl halides is 2. The van der Waals surface area contributed by atoms with Crippen molar-refractivity contribution in [3.05, 3.63) is 27.9 Å². The van der Waals surface area contributed by atoms with Crippen molar-refractivity contribution in [2.45, 2.75) is 37.8 Å². The van der Waals surface area contributed by atoms with Crippen LogP contribution in [0.15, 0.2) is 27.8 Å². The van der Waals surface area contributed by atoms with Crippen molar-refractivity contribution >= 4 is 29.1 Å². The van der Waals surface area contributed by atoms with Gasteiger partial charge in [-0.3, -0.25) is 19.6 Å². The van der Waals surface area contributed by atoms with Crippen molar-refractivity contribution in [3.63, 3.8) is 0 Å². The van der Waals surface area contributed by atoms with Gasteiger partial charge in [-0.05, 0) is 19.8 Å². The van der Waals surface area contributed by atoms with Gasteiger partial charge in [-0.2, -0.15) is 0 Å². The van der Waals surface area contributed by atoms with E-state index in [1.54, 1.807) is 18.0 Å². The van der Waals surface area contributed by atoms with Crippen LogP contribution >= 0.6 is 11.3 Å². The standard InChI is InChI=1S/C22H27F2N5O4S/c1-2-33-21(32)14-7-26-18(19-25-3-4-34-19)27-16(14)9-29-11-22(23,24)15-8-28(10-17(15)29)13-5-12(6-13)20(30)31/h3-4,12-13,15,17H,2,5-11H2,1H3,(H,26,27)(H,30,31). The minimum atomic E-state index is -2.86. The average molecular weight is 496 g/mol. The first-order valence-corrected chi connectivity index (χ1v) is 12.3. The number of hydrogen-bond donors (Lipinski definition) is 2. The Morgan fingerprint density at radius 1 is 1.35 bits per heavy atom. The third kappa shape index (κ3) is 4.22. The van der Waals surface area contributed by atoms with Gasteiger partial charge in [-0.1, -0.05) is 0 Å². The molecule has 0 radical (unpaired) electrons. The number of carboxylic acids is 1. The fraction of sp³-hybridized carbons (Fsp3) is 0.636. The molecule has 1 saturated carbocycles. The molecule has 2 atom stereocenters. The molecule has 4 aliphatic rings. The molecule has 9 nitrogen and oxygen atoms in total. The lowest BCUT2D eigenvalue weighted by Gasteiger charge is -2.40. The highest BCUT2D eigenvalue weighted by molar-refractivity contribution is 7.11. The highest BCUT2D eigenvalue weighted by Crippen LogP contribution is 2.45. The van der Waals surface area contributed by atoms with E-state index in [0.717, 1.165) is 0 Å². The zero-order chi connectivity index (χ0) is 24.0. The second kappa shape index (κ2) is 8.97. The minimum absolute atomic E-state index is 0.0371. The maximum Gasteiger partial charge on any atom is 0.337 e. The van der Waals surface area contributed by atoms with Crippen LogP contribution in [-0.4, -0.2) is 95.0 Å². The number of nitrogens with one attached hydrogen (secondary N) is 1. The van der Waals surface area contributed by atoms with E-state index >= 15 is 8.78 Å². The first-order valence-electron chi connectivity index (χ1n) is 11.5. The zero-order valence-corrected chi connectivity index (χ0v) is 19.6. The molecule has 34 heavy (non-hydrogen) atoms. The molecule has 3 aliphatic heterocycles. The maximum atomic E-state index is 15.0. The number of ether oxygens (including phenoxy) is 1. The average Bonchev–Trinajstić information content (AvgIpc) is 3.46. The van der Waals surface area contributed by atoms with E-state index in [1.807, 2.05) is 10.3 Å². The normalized spacial score (nSPS) is 31.0. The number of amidine groups is 1. The Bertz CT molecular complexity index is 1020. The van der Waals surface area contributed by atoms with Gasteiger partial charge in [0.05, 0.1) is 37.1 Å². The van der Waals surface area contributed by atoms with Crippen LogP contribution in [0, 0.1) is 11.8 Å². The molecule has 2 unspecified atom stereocenters. The van der Waals surface area contributed by atoms with Gasteiger partial charge in [0, 0.05) is 49.0 Å². The Morgan fingerprint density at radius 3 is 2.82 bits per heavy atom. The second-order valence-corrected chi connectivity index (χ2v) is 10.2. The summed E-state index contributed by atoms with van der Waals surface area (Å²) >= 11 is 1.40. The largest absolute Gasteiger partial charge is 0.481 e. The molecule has 4 heterocycles. The molecule has 2 saturated heterocycles. The summed E-state index contributed by atoms with van der Waals surface area (Å²) in [4.78, 5) is 36.2. The van der Waals surface area contributed by atoms with Crippen LogP contribution in [0.5, 0.6) is 0 Å². The van der Waals surface area contributed by atoms with Crippen LogP contribution in [0.2, 0.25) is 0 Å². The van der Waals surface area contributed by atoms with Crippen LogP contribution in [0.4, 0.5) is 8.78 Å². The minimum Gasteiger partial charge on any atom is -0.481 e. The number of aliphatic carboxylic acids is 1. The van der Waals surface area contributed by atoms with Gasteiger partial charge in [-0.15, -0.1) is 11.3 Å². The number of carboxylic acid groups (broad SMARTS) is 1. The number of likely N-dealkylation sites (tertiary alicyclic amines) is 2. The number of rotatable bonds is 7. The monoisotopic (exact) mass is 495 g/mol. The van der Waals surface area contributed by atoms with E-state index < -0.39 is 23.8 Å². The summed E-state index contributed by atoms with van der Waals surface area (Å²) in [6.45, 7) is 2.50. The molecule has 3 fully saturated rings. The summed E-state index contributed by atoms with van der Waals surface area (Å²) < 4.78 is 35.2. The van der Waals surface area contributed by atoms with E-state index in [-0.39, 0.29) is 50.8 Å². The molecule has 12 heteroatoms. The number of hydrogen-bond acceptors (Lipinski definition) is 9. The van der Waals surface area contributed by atoms with Crippen LogP contribution < -0.4 is 5.32 Å². The van der Waals surface area contributed by atoms with Gasteiger partial charge in [0.15, 0.2) is 10.8 Å². The van der Waals surface area contributed by atoms with E-state index in [1.165, 1.54) is 11.3 Å². The number of halogens is 2. The number of aromatic nitrogens is 1. The fourth-order valence-corrected chi connectivity index (χ4v) is 5.98. The Labute approximate surface area is 199 Å². The van der Waals surface area contributed by atoms with Gasteiger partial charge in [-0.25, -0.2) is 18.6 Å². The van der Waals surface area contributed by atoms with E-state index in [0.29, 0.717) is 41.5 Å². The summed E-state index contributed by atoms with van der Waals surface area (Å²) in [5.74, 6) is -4.87. The lowest BCUT2D eigenvalue weighted by molar-refractivity contribution is -0.147. The van der Waals surface area contributed by atoms with Crippen molar-refractivity contribution in [1.29, 1.82) is 0 Å². The van der Waals surface area contributed by atoms with Gasteiger partial charge >= 0.3 is 11.9 Å². The molecule has 2 N–H and O–H groups in total. The summed E-state index contributed by atoms with van der Waals surface area (Å²) in [5.41, 5.74) is 0.857. The highest BCUT2D eigenvalue weighted by Gasteiger charge is 2.59. The molecule has 0 amide bonds. The Balaban J connectivity index is 1.33. The van der Waals surface area contributed by atoms with Crippen LogP contribution in [-0.2, 0) is 14.3 Å². The van der Waals surface area contributed by atoms with Gasteiger partial charge < -0.3 is 15.2 Å². The summed E-state index contributed by atoms with van der Waals surface area (Å²) in [7, 11) is 0. The predicted octanol–water partition coefficient (Wildman–Crippen LogP) is 1.42. The first-order chi connectivity index (χ1) is 16.3. The van der Waals surface area contributed by atoms with Gasteiger partial charge in [0.2, 0.25) is 0 Å². The number of aliphatic imine (C=N–C) groups is 1. The lowest BCUT2D eigenvalue weighted by Crippen LogP contribution is -2.49. The second-order valence-electron chi connectivity index (χ2n) is 9.26. The number of thiazole rings is 1. The van der Waals surface area contributed by atoms with Gasteiger partial charge in [0.25, 0.3) is 5.92 Å². The summed E-state index contributed by atoms with van der Waals surface area (Å²) in [6.07, 6.45) is 2.67. The molecule has 1 aromatic rings. The van der Waals surface area contributed by atoms with Gasteiger partial charge in [0.1, 0.15) is 0 Å². The fourth-order valence-electron chi connectivity index (χ4n) is 5.38. The summed E-state index contributed by atoms with van der Waals surface area (Å²) in [6, 6.07) is -0.339.